The number of pyridine rings is 1. The molecule has 0 bridgehead atoms. The summed E-state index contributed by atoms with van der Waals surface area (Å²) in [6, 6.07) is 24.0. The van der Waals surface area contributed by atoms with Gasteiger partial charge in [-0.05, 0) is 76.0 Å². The van der Waals surface area contributed by atoms with Gasteiger partial charge in [-0.3, -0.25) is 0 Å². The van der Waals surface area contributed by atoms with Gasteiger partial charge in [0.25, 0.3) is 0 Å². The molecule has 4 heterocycles. The van der Waals surface area contributed by atoms with Gasteiger partial charge in [0.2, 0.25) is 11.8 Å². The highest BCUT2D eigenvalue weighted by molar-refractivity contribution is 7.08. The van der Waals surface area contributed by atoms with Crippen LogP contribution in [0.4, 0.5) is 11.6 Å². The van der Waals surface area contributed by atoms with Crippen molar-refractivity contribution in [3.05, 3.63) is 119 Å². The first kappa shape index (κ1) is 22.9. The van der Waals surface area contributed by atoms with Gasteiger partial charge in [0, 0.05) is 36.9 Å². The number of fused-ring (bicyclic) bond motifs is 1. The number of nitrogens with zero attached hydrogens (tertiary/aromatic N) is 4. The van der Waals surface area contributed by atoms with E-state index >= 15 is 0 Å². The van der Waals surface area contributed by atoms with Crippen molar-refractivity contribution >= 4 is 28.5 Å². The van der Waals surface area contributed by atoms with E-state index in [2.05, 4.69) is 66.4 Å². The van der Waals surface area contributed by atoms with E-state index in [-0.39, 0.29) is 6.17 Å². The van der Waals surface area contributed by atoms with Gasteiger partial charge in [-0.15, -0.1) is 0 Å². The summed E-state index contributed by atoms with van der Waals surface area (Å²) in [5.41, 5.74) is 13.8. The van der Waals surface area contributed by atoms with Crippen LogP contribution in [0.15, 0.2) is 102 Å². The number of benzene rings is 2. The Balaban J connectivity index is 1.30. The lowest BCUT2D eigenvalue weighted by atomic mass is 9.91. The fourth-order valence-corrected chi connectivity index (χ4v) is 5.07. The molecule has 0 radical (unpaired) electrons. The topological polar surface area (TPSA) is 89.2 Å². The van der Waals surface area contributed by atoms with E-state index in [9.17, 15) is 0 Å². The van der Waals surface area contributed by atoms with E-state index in [1.165, 1.54) is 11.1 Å². The maximum Gasteiger partial charge on any atom is 0.228 e. The number of thiophene rings is 1. The predicted octanol–water partition coefficient (Wildman–Crippen LogP) is 6.30. The van der Waals surface area contributed by atoms with Crippen LogP contribution in [0.2, 0.25) is 0 Å². The van der Waals surface area contributed by atoms with E-state index in [4.69, 9.17) is 10.5 Å². The smallest absolute Gasteiger partial charge is 0.228 e. The number of nitrogens with one attached hydrogen (secondary N) is 1. The third kappa shape index (κ3) is 4.44. The second kappa shape index (κ2) is 9.85. The average molecular weight is 505 g/mol. The molecule has 3 N–H and O–H groups in total. The number of hydrogen-bond acceptors (Lipinski definition) is 8. The summed E-state index contributed by atoms with van der Waals surface area (Å²) in [6.45, 7) is 0. The maximum atomic E-state index is 6.73. The summed E-state index contributed by atoms with van der Waals surface area (Å²) >= 11 is 1.69. The molecule has 3 aromatic heterocycles. The molecular formula is C29H24N6OS. The molecule has 0 aliphatic carbocycles. The van der Waals surface area contributed by atoms with Gasteiger partial charge < -0.3 is 20.7 Å². The first-order valence-corrected chi connectivity index (χ1v) is 12.8. The zero-order chi connectivity index (χ0) is 25.2. The molecule has 7 nitrogen and oxygen atoms in total. The lowest BCUT2D eigenvalue weighted by molar-refractivity contribution is 0.464. The van der Waals surface area contributed by atoms with Crippen LogP contribution in [-0.4, -0.2) is 22.0 Å². The minimum Gasteiger partial charge on any atom is -0.438 e. The van der Waals surface area contributed by atoms with E-state index in [0.29, 0.717) is 17.6 Å². The highest BCUT2D eigenvalue weighted by Gasteiger charge is 2.26. The molecule has 37 heavy (non-hydrogen) atoms. The first-order chi connectivity index (χ1) is 18.2. The number of nitrogens with two attached hydrogens (primary N) is 1. The lowest BCUT2D eigenvalue weighted by Crippen LogP contribution is -2.34. The number of ether oxygens (including phenoxy) is 1. The monoisotopic (exact) mass is 504 g/mol. The van der Waals surface area contributed by atoms with Crippen molar-refractivity contribution in [1.29, 1.82) is 0 Å². The van der Waals surface area contributed by atoms with E-state index in [0.717, 1.165) is 28.1 Å². The lowest BCUT2D eigenvalue weighted by Gasteiger charge is -2.34. The molecule has 1 aliphatic heterocycles. The Morgan fingerprint density at radius 1 is 0.919 bits per heavy atom. The summed E-state index contributed by atoms with van der Waals surface area (Å²) in [6.07, 6.45) is 5.24. The average Bonchev–Trinajstić information content (AvgIpc) is 3.49. The van der Waals surface area contributed by atoms with Crippen LogP contribution in [0.3, 0.4) is 0 Å². The van der Waals surface area contributed by atoms with Crippen LogP contribution >= 0.6 is 11.3 Å². The van der Waals surface area contributed by atoms with Gasteiger partial charge in [-0.1, -0.05) is 24.3 Å². The minimum atomic E-state index is -0.299. The molecule has 0 amide bonds. The summed E-state index contributed by atoms with van der Waals surface area (Å²) in [5.74, 6) is 1.67. The Labute approximate surface area is 218 Å². The van der Waals surface area contributed by atoms with E-state index in [1.807, 2.05) is 48.5 Å². The highest BCUT2D eigenvalue weighted by atomic mass is 32.1. The quantitative estimate of drug-likeness (QED) is 0.280. The van der Waals surface area contributed by atoms with Crippen LogP contribution in [0, 0.1) is 0 Å². The van der Waals surface area contributed by atoms with Crippen molar-refractivity contribution in [3.63, 3.8) is 0 Å². The largest absolute Gasteiger partial charge is 0.438 e. The normalized spacial score (nSPS) is 14.6. The highest BCUT2D eigenvalue weighted by Crippen LogP contribution is 2.39. The SMILES string of the molecule is CNc1nccc(-c2cccnc2Oc2ccc(N3C=C(c4ccsc4)c4ccccc4C3N)cc2)n1. The Hall–Kier alpha value is -4.53. The van der Waals surface area contributed by atoms with Gasteiger partial charge in [0.05, 0.1) is 11.3 Å². The van der Waals surface area contributed by atoms with Crippen LogP contribution in [0.5, 0.6) is 11.6 Å². The molecule has 182 valence electrons. The van der Waals surface area contributed by atoms with Gasteiger partial charge in [0.1, 0.15) is 11.9 Å². The van der Waals surface area contributed by atoms with Gasteiger partial charge >= 0.3 is 0 Å². The molecular weight excluding hydrogens is 480 g/mol. The van der Waals surface area contributed by atoms with Gasteiger partial charge in [0.15, 0.2) is 0 Å². The molecule has 5 aromatic rings. The van der Waals surface area contributed by atoms with Crippen LogP contribution in [-0.2, 0) is 0 Å². The molecule has 0 spiro atoms. The van der Waals surface area contributed by atoms with E-state index in [1.54, 1.807) is 30.8 Å². The summed E-state index contributed by atoms with van der Waals surface area (Å²) in [4.78, 5) is 15.3. The Morgan fingerprint density at radius 2 is 1.76 bits per heavy atom. The molecule has 0 saturated heterocycles. The Morgan fingerprint density at radius 3 is 2.57 bits per heavy atom. The number of aromatic nitrogens is 3. The number of rotatable bonds is 6. The molecule has 1 unspecified atom stereocenters. The van der Waals surface area contributed by atoms with Crippen molar-refractivity contribution in [2.75, 3.05) is 17.3 Å². The van der Waals surface area contributed by atoms with Crippen LogP contribution in [0.1, 0.15) is 22.9 Å². The fraction of sp³-hybridized carbons (Fsp3) is 0.0690. The number of anilines is 2. The Kier molecular flexibility index (Phi) is 6.10. The van der Waals surface area contributed by atoms with Crippen LogP contribution < -0.4 is 20.7 Å². The molecule has 1 aliphatic rings. The standard InChI is InChI=1S/C29H24N6OS/c1-31-29-33-15-12-26(34-29)24-7-4-14-32-28(24)36-21-10-8-20(9-11-21)35-17-25(19-13-16-37-18-19)22-5-2-3-6-23(22)27(35)30/h2-18,27H,30H2,1H3,(H,31,33,34). The van der Waals surface area contributed by atoms with Crippen molar-refractivity contribution in [2.45, 2.75) is 6.17 Å². The van der Waals surface area contributed by atoms with Crippen LogP contribution in [0.25, 0.3) is 16.8 Å². The minimum absolute atomic E-state index is 0.299. The van der Waals surface area contributed by atoms with Crippen molar-refractivity contribution < 1.29 is 4.74 Å². The zero-order valence-corrected chi connectivity index (χ0v) is 20.9. The maximum absolute atomic E-state index is 6.73. The third-order valence-corrected chi connectivity index (χ3v) is 6.93. The second-order valence-electron chi connectivity index (χ2n) is 8.46. The van der Waals surface area contributed by atoms with Gasteiger partial charge in [-0.25, -0.2) is 15.0 Å². The van der Waals surface area contributed by atoms with Crippen molar-refractivity contribution in [2.24, 2.45) is 5.73 Å². The van der Waals surface area contributed by atoms with Crippen molar-refractivity contribution in [1.82, 2.24) is 15.0 Å². The molecule has 1 atom stereocenters. The summed E-state index contributed by atoms with van der Waals surface area (Å²) < 4.78 is 6.19. The van der Waals surface area contributed by atoms with Gasteiger partial charge in [-0.2, -0.15) is 11.3 Å². The molecule has 2 aromatic carbocycles. The summed E-state index contributed by atoms with van der Waals surface area (Å²) in [7, 11) is 1.78. The zero-order valence-electron chi connectivity index (χ0n) is 20.1. The summed E-state index contributed by atoms with van der Waals surface area (Å²) in [5, 5.41) is 7.22. The third-order valence-electron chi connectivity index (χ3n) is 6.25. The fourth-order valence-electron chi connectivity index (χ4n) is 4.42. The molecule has 6 rings (SSSR count). The van der Waals surface area contributed by atoms with Crippen molar-refractivity contribution in [3.8, 4) is 22.9 Å². The van der Waals surface area contributed by atoms with E-state index < -0.39 is 0 Å². The molecule has 0 saturated carbocycles. The molecule has 0 fully saturated rings. The molecule has 8 heteroatoms. The predicted molar refractivity (Wildman–Crippen MR) is 149 cm³/mol. The Bertz CT molecular complexity index is 1570. The number of hydrogen-bond donors (Lipinski definition) is 2. The first-order valence-electron chi connectivity index (χ1n) is 11.8. The second-order valence-corrected chi connectivity index (χ2v) is 9.24.